The zero-order valence-electron chi connectivity index (χ0n) is 5.52. The Morgan fingerprint density at radius 2 is 1.86 bits per heavy atom. The summed E-state index contributed by atoms with van der Waals surface area (Å²) < 4.78 is 0. The Kier molecular flexibility index (Phi) is 3.04. The Labute approximate surface area is 46.0 Å². The predicted molar refractivity (Wildman–Crippen MR) is 34.4 cm³/mol. The molecule has 0 fully saturated rings. The van der Waals surface area contributed by atoms with E-state index < -0.39 is 0 Å². The standard InChI is InChI=1S/C4H13BN2/c1-5(6-2)7(3)4/h6H,1-4H3. The second-order valence-corrected chi connectivity index (χ2v) is 1.93. The molecule has 0 amide bonds. The maximum Gasteiger partial charge on any atom is 0.304 e. The topological polar surface area (TPSA) is 15.3 Å². The largest absolute Gasteiger partial charge is 0.345 e. The molecule has 0 saturated heterocycles. The van der Waals surface area contributed by atoms with Crippen molar-refractivity contribution in [2.24, 2.45) is 0 Å². The zero-order chi connectivity index (χ0) is 5.86. The predicted octanol–water partition coefficient (Wildman–Crippen LogP) is -0.115. The maximum atomic E-state index is 3.09. The van der Waals surface area contributed by atoms with Gasteiger partial charge in [0.1, 0.15) is 0 Å². The number of rotatable bonds is 2. The van der Waals surface area contributed by atoms with Gasteiger partial charge in [-0.05, 0) is 21.1 Å². The van der Waals surface area contributed by atoms with E-state index in [1.807, 2.05) is 21.1 Å². The molecule has 0 aromatic carbocycles. The molecule has 0 heterocycles. The third-order valence-electron chi connectivity index (χ3n) is 1.19. The fourth-order valence-corrected chi connectivity index (χ4v) is 0.258. The normalized spacial score (nSPS) is 9.86. The highest BCUT2D eigenvalue weighted by Crippen LogP contribution is 1.75. The lowest BCUT2D eigenvalue weighted by Gasteiger charge is -2.13. The third kappa shape index (κ3) is 2.65. The summed E-state index contributed by atoms with van der Waals surface area (Å²) in [4.78, 5) is 2.11. The Bertz CT molecular complexity index is 47.0. The van der Waals surface area contributed by atoms with Gasteiger partial charge in [-0.3, -0.25) is 0 Å². The van der Waals surface area contributed by atoms with Gasteiger partial charge < -0.3 is 10.0 Å². The van der Waals surface area contributed by atoms with Crippen LogP contribution in [0.3, 0.4) is 0 Å². The van der Waals surface area contributed by atoms with Gasteiger partial charge in [-0.1, -0.05) is 6.82 Å². The second-order valence-electron chi connectivity index (χ2n) is 1.93. The SMILES string of the molecule is CNB(C)N(C)C. The fourth-order valence-electron chi connectivity index (χ4n) is 0.258. The van der Waals surface area contributed by atoms with E-state index >= 15 is 0 Å². The molecule has 3 heteroatoms. The molecule has 1 N–H and O–H groups in total. The van der Waals surface area contributed by atoms with Crippen LogP contribution in [0.1, 0.15) is 0 Å². The number of hydrogen-bond acceptors (Lipinski definition) is 2. The number of nitrogens with zero attached hydrogens (tertiary/aromatic N) is 1. The molecular weight excluding hydrogens is 86.9 g/mol. The zero-order valence-corrected chi connectivity index (χ0v) is 5.52. The Balaban J connectivity index is 3.14. The Morgan fingerprint density at radius 1 is 1.43 bits per heavy atom. The summed E-state index contributed by atoms with van der Waals surface area (Å²) in [5.74, 6) is 0. The van der Waals surface area contributed by atoms with Gasteiger partial charge in [0.25, 0.3) is 0 Å². The molecule has 0 bridgehead atoms. The van der Waals surface area contributed by atoms with Crippen molar-refractivity contribution in [3.8, 4) is 0 Å². The van der Waals surface area contributed by atoms with Crippen molar-refractivity contribution in [2.75, 3.05) is 21.1 Å². The molecule has 0 aliphatic carbocycles. The van der Waals surface area contributed by atoms with E-state index in [1.165, 1.54) is 0 Å². The van der Waals surface area contributed by atoms with E-state index in [9.17, 15) is 0 Å². The van der Waals surface area contributed by atoms with Crippen molar-refractivity contribution in [1.29, 1.82) is 0 Å². The van der Waals surface area contributed by atoms with Gasteiger partial charge in [0, 0.05) is 0 Å². The maximum absolute atomic E-state index is 3.09. The highest BCUT2D eigenvalue weighted by molar-refractivity contribution is 6.51. The van der Waals surface area contributed by atoms with Crippen molar-refractivity contribution in [3.63, 3.8) is 0 Å². The van der Waals surface area contributed by atoms with Crippen LogP contribution >= 0.6 is 0 Å². The summed E-state index contributed by atoms with van der Waals surface area (Å²) in [6.45, 7) is 2.60. The van der Waals surface area contributed by atoms with Crippen LogP contribution in [0, 0.1) is 0 Å². The fraction of sp³-hybridized carbons (Fsp3) is 1.00. The monoisotopic (exact) mass is 100 g/mol. The number of hydrogen-bond donors (Lipinski definition) is 1. The summed E-state index contributed by atoms with van der Waals surface area (Å²) in [5.41, 5.74) is 0. The van der Waals surface area contributed by atoms with Gasteiger partial charge in [0.05, 0.1) is 0 Å². The molecule has 0 aromatic heterocycles. The molecule has 2 nitrogen and oxygen atoms in total. The minimum Gasteiger partial charge on any atom is -0.345 e. The molecule has 0 saturated carbocycles. The Morgan fingerprint density at radius 3 is 1.86 bits per heavy atom. The van der Waals surface area contributed by atoms with Crippen LogP contribution in [0.4, 0.5) is 0 Å². The van der Waals surface area contributed by atoms with E-state index in [0.717, 1.165) is 0 Å². The highest BCUT2D eigenvalue weighted by Gasteiger charge is 2.03. The minimum absolute atomic E-state index is 0.486. The van der Waals surface area contributed by atoms with Crippen LogP contribution in [0.25, 0.3) is 0 Å². The lowest BCUT2D eigenvalue weighted by atomic mass is 9.79. The third-order valence-corrected chi connectivity index (χ3v) is 1.19. The van der Waals surface area contributed by atoms with Gasteiger partial charge in [-0.25, -0.2) is 0 Å². The van der Waals surface area contributed by atoms with Crippen LogP contribution in [-0.4, -0.2) is 32.9 Å². The molecule has 0 unspecified atom stereocenters. The van der Waals surface area contributed by atoms with Crippen molar-refractivity contribution >= 4 is 6.98 Å². The van der Waals surface area contributed by atoms with Crippen molar-refractivity contribution < 1.29 is 0 Å². The summed E-state index contributed by atoms with van der Waals surface area (Å²) in [7, 11) is 6.03. The summed E-state index contributed by atoms with van der Waals surface area (Å²) >= 11 is 0. The van der Waals surface area contributed by atoms with E-state index in [0.29, 0.717) is 6.98 Å². The lowest BCUT2D eigenvalue weighted by Crippen LogP contribution is -2.41. The van der Waals surface area contributed by atoms with Gasteiger partial charge in [0.2, 0.25) is 0 Å². The first-order chi connectivity index (χ1) is 3.18. The van der Waals surface area contributed by atoms with Crippen LogP contribution < -0.4 is 5.23 Å². The molecule has 7 heavy (non-hydrogen) atoms. The van der Waals surface area contributed by atoms with Gasteiger partial charge in [-0.15, -0.1) is 0 Å². The van der Waals surface area contributed by atoms with Crippen molar-refractivity contribution in [2.45, 2.75) is 6.82 Å². The average molecular weight is 100.0 g/mol. The van der Waals surface area contributed by atoms with Gasteiger partial charge in [-0.2, -0.15) is 0 Å². The smallest absolute Gasteiger partial charge is 0.304 e. The first-order valence-electron chi connectivity index (χ1n) is 2.52. The van der Waals surface area contributed by atoms with Gasteiger partial charge in [0.15, 0.2) is 0 Å². The number of nitrogens with one attached hydrogen (secondary N) is 1. The van der Waals surface area contributed by atoms with Crippen molar-refractivity contribution in [1.82, 2.24) is 10.0 Å². The van der Waals surface area contributed by atoms with Crippen molar-refractivity contribution in [3.05, 3.63) is 0 Å². The van der Waals surface area contributed by atoms with E-state index in [2.05, 4.69) is 16.9 Å². The second kappa shape index (κ2) is 3.05. The van der Waals surface area contributed by atoms with E-state index in [4.69, 9.17) is 0 Å². The molecule has 0 atom stereocenters. The quantitative estimate of drug-likeness (QED) is 0.487. The lowest BCUT2D eigenvalue weighted by molar-refractivity contribution is 0.629. The molecule has 0 radical (unpaired) electrons. The van der Waals surface area contributed by atoms with Crippen LogP contribution in [0.15, 0.2) is 0 Å². The van der Waals surface area contributed by atoms with Gasteiger partial charge >= 0.3 is 6.98 Å². The molecule has 0 spiro atoms. The molecule has 0 aromatic rings. The molecule has 0 aliphatic heterocycles. The first-order valence-corrected chi connectivity index (χ1v) is 2.52. The average Bonchev–Trinajstić information content (AvgIpc) is 1.65. The van der Waals surface area contributed by atoms with E-state index in [-0.39, 0.29) is 0 Å². The van der Waals surface area contributed by atoms with Crippen LogP contribution in [-0.2, 0) is 0 Å². The van der Waals surface area contributed by atoms with Crippen LogP contribution in [0.2, 0.25) is 6.82 Å². The molecule has 0 rings (SSSR count). The van der Waals surface area contributed by atoms with E-state index in [1.54, 1.807) is 0 Å². The molecule has 0 aliphatic rings. The molecule has 42 valence electrons. The highest BCUT2D eigenvalue weighted by atomic mass is 15.1. The first kappa shape index (κ1) is 6.98. The summed E-state index contributed by atoms with van der Waals surface area (Å²) in [6.07, 6.45) is 0. The summed E-state index contributed by atoms with van der Waals surface area (Å²) in [5, 5.41) is 3.09. The summed E-state index contributed by atoms with van der Waals surface area (Å²) in [6, 6.07) is 0. The minimum atomic E-state index is 0.486. The van der Waals surface area contributed by atoms with Crippen LogP contribution in [0.5, 0.6) is 0 Å². The molecular formula is C4H13BN2. The Hall–Kier alpha value is -0.0151.